The Labute approximate surface area is 257 Å². The molecule has 3 fully saturated rings. The van der Waals surface area contributed by atoms with Crippen molar-refractivity contribution >= 4 is 17.3 Å². The van der Waals surface area contributed by atoms with Gasteiger partial charge in [-0.3, -0.25) is 4.98 Å². The van der Waals surface area contributed by atoms with Crippen LogP contribution in [0.4, 0.5) is 5.69 Å². The van der Waals surface area contributed by atoms with Crippen LogP contribution in [0.15, 0.2) is 30.5 Å². The van der Waals surface area contributed by atoms with Gasteiger partial charge in [0, 0.05) is 68.2 Å². The number of nitrogens with one attached hydrogen (secondary N) is 2. The Morgan fingerprint density at radius 1 is 1.02 bits per heavy atom. The van der Waals surface area contributed by atoms with Crippen LogP contribution >= 0.6 is 11.6 Å². The van der Waals surface area contributed by atoms with E-state index in [4.69, 9.17) is 26.1 Å². The number of nitriles is 1. The minimum atomic E-state index is -0.377. The molecule has 6 nitrogen and oxygen atoms in total. The summed E-state index contributed by atoms with van der Waals surface area (Å²) in [5.74, 6) is 1.48. The lowest BCUT2D eigenvalue weighted by atomic mass is 9.77. The number of nitrogens with zero attached hydrogens (tertiary/aromatic N) is 2. The third-order valence-corrected chi connectivity index (χ3v) is 10.5. The lowest BCUT2D eigenvalue weighted by Crippen LogP contribution is -2.43. The molecule has 42 heavy (non-hydrogen) atoms. The van der Waals surface area contributed by atoms with Crippen molar-refractivity contribution in [2.75, 3.05) is 38.3 Å². The van der Waals surface area contributed by atoms with Crippen molar-refractivity contribution in [3.05, 3.63) is 46.7 Å². The molecule has 5 rings (SSSR count). The van der Waals surface area contributed by atoms with Crippen molar-refractivity contribution in [3.8, 4) is 17.2 Å². The van der Waals surface area contributed by atoms with Gasteiger partial charge in [0.2, 0.25) is 0 Å². The van der Waals surface area contributed by atoms with Gasteiger partial charge in [0.05, 0.1) is 16.5 Å². The Morgan fingerprint density at radius 2 is 1.74 bits per heavy atom. The van der Waals surface area contributed by atoms with Crippen molar-refractivity contribution in [1.29, 1.82) is 5.26 Å². The van der Waals surface area contributed by atoms with Crippen molar-refractivity contribution in [1.82, 2.24) is 10.3 Å². The molecule has 1 unspecified atom stereocenters. The Hall–Kier alpha value is -2.17. The number of anilines is 1. The summed E-state index contributed by atoms with van der Waals surface area (Å²) in [4.78, 5) is 4.74. The molecule has 3 aliphatic rings. The fraction of sp³-hybridized carbons (Fsp3) is 0.657. The van der Waals surface area contributed by atoms with Crippen LogP contribution in [0.2, 0.25) is 5.02 Å². The highest BCUT2D eigenvalue weighted by molar-refractivity contribution is 6.33. The van der Waals surface area contributed by atoms with Crippen LogP contribution in [0.3, 0.4) is 0 Å². The van der Waals surface area contributed by atoms with Gasteiger partial charge in [-0.05, 0) is 106 Å². The molecule has 1 atom stereocenters. The number of pyridine rings is 1. The smallest absolute Gasteiger partial charge is 0.0789 e. The third-order valence-electron chi connectivity index (χ3n) is 10.2. The third kappa shape index (κ3) is 7.85. The van der Waals surface area contributed by atoms with Gasteiger partial charge in [-0.15, -0.1) is 0 Å². The second-order valence-corrected chi connectivity index (χ2v) is 13.3. The highest BCUT2D eigenvalue weighted by atomic mass is 35.5. The van der Waals surface area contributed by atoms with Gasteiger partial charge in [0.25, 0.3) is 0 Å². The molecule has 0 amide bonds. The Morgan fingerprint density at radius 3 is 2.45 bits per heavy atom. The lowest BCUT2D eigenvalue weighted by Gasteiger charge is -2.35. The van der Waals surface area contributed by atoms with Gasteiger partial charge >= 0.3 is 0 Å². The molecular formula is C35H49ClN4O2. The van der Waals surface area contributed by atoms with Crippen molar-refractivity contribution in [2.45, 2.75) is 96.6 Å². The fourth-order valence-electron chi connectivity index (χ4n) is 7.23. The Kier molecular flexibility index (Phi) is 11.2. The average molecular weight is 593 g/mol. The summed E-state index contributed by atoms with van der Waals surface area (Å²) in [6, 6.07) is 12.5. The molecule has 0 bridgehead atoms. The van der Waals surface area contributed by atoms with Crippen LogP contribution < -0.4 is 10.6 Å². The van der Waals surface area contributed by atoms with Gasteiger partial charge in [-0.1, -0.05) is 37.6 Å². The molecule has 1 aromatic carbocycles. The zero-order valence-corrected chi connectivity index (χ0v) is 26.4. The van der Waals surface area contributed by atoms with Crippen LogP contribution in [0.5, 0.6) is 0 Å². The largest absolute Gasteiger partial charge is 0.383 e. The van der Waals surface area contributed by atoms with Crippen molar-refractivity contribution in [3.63, 3.8) is 0 Å². The quantitative estimate of drug-likeness (QED) is 0.280. The predicted molar refractivity (Wildman–Crippen MR) is 171 cm³/mol. The van der Waals surface area contributed by atoms with Gasteiger partial charge in [-0.25, -0.2) is 0 Å². The molecule has 2 saturated heterocycles. The highest BCUT2D eigenvalue weighted by Gasteiger charge is 2.33. The molecular weight excluding hydrogens is 544 g/mol. The van der Waals surface area contributed by atoms with E-state index in [1.807, 2.05) is 6.20 Å². The maximum absolute atomic E-state index is 9.91. The second kappa shape index (κ2) is 15.0. The summed E-state index contributed by atoms with van der Waals surface area (Å²) < 4.78 is 11.0. The minimum Gasteiger partial charge on any atom is -0.383 e. The maximum atomic E-state index is 9.91. The van der Waals surface area contributed by atoms with E-state index in [9.17, 15) is 5.26 Å². The molecule has 7 heteroatoms. The number of aromatic nitrogens is 1. The second-order valence-electron chi connectivity index (χ2n) is 12.9. The molecule has 228 valence electrons. The van der Waals surface area contributed by atoms with Crippen LogP contribution in [0, 0.1) is 28.6 Å². The maximum Gasteiger partial charge on any atom is 0.0789 e. The Bertz CT molecular complexity index is 1190. The first-order chi connectivity index (χ1) is 20.5. The van der Waals surface area contributed by atoms with E-state index in [1.165, 1.54) is 31.2 Å². The van der Waals surface area contributed by atoms with Crippen molar-refractivity contribution < 1.29 is 9.47 Å². The first-order valence-electron chi connectivity index (χ1n) is 16.3. The summed E-state index contributed by atoms with van der Waals surface area (Å²) in [5.41, 5.74) is 5.26. The molecule has 1 aromatic heterocycles. The zero-order valence-electron chi connectivity index (χ0n) is 25.6. The van der Waals surface area contributed by atoms with E-state index in [1.54, 1.807) is 0 Å². The van der Waals surface area contributed by atoms with E-state index in [0.29, 0.717) is 42.8 Å². The van der Waals surface area contributed by atoms with Crippen LogP contribution in [0.25, 0.3) is 11.1 Å². The van der Waals surface area contributed by atoms with Crippen LogP contribution in [0.1, 0.15) is 82.9 Å². The minimum absolute atomic E-state index is 0.377. The van der Waals surface area contributed by atoms with E-state index in [2.05, 4.69) is 54.8 Å². The summed E-state index contributed by atoms with van der Waals surface area (Å²) in [6.45, 7) is 8.37. The number of benzene rings is 1. The predicted octanol–water partition coefficient (Wildman–Crippen LogP) is 7.59. The summed E-state index contributed by atoms with van der Waals surface area (Å²) in [7, 11) is 0. The highest BCUT2D eigenvalue weighted by Crippen LogP contribution is 2.37. The first kappa shape index (κ1) is 31.3. The lowest BCUT2D eigenvalue weighted by molar-refractivity contribution is 0.0456. The molecule has 2 N–H and O–H groups in total. The molecule has 3 heterocycles. The number of rotatable bonds is 11. The van der Waals surface area contributed by atoms with E-state index < -0.39 is 0 Å². The molecule has 2 aliphatic heterocycles. The molecule has 1 aliphatic carbocycles. The van der Waals surface area contributed by atoms with E-state index in [0.717, 1.165) is 86.6 Å². The van der Waals surface area contributed by atoms with Crippen LogP contribution in [-0.2, 0) is 22.3 Å². The van der Waals surface area contributed by atoms with E-state index >= 15 is 0 Å². The van der Waals surface area contributed by atoms with E-state index in [-0.39, 0.29) is 5.41 Å². The SMILES string of the molecule is CCc1c(NCC2(C#N)CCOCC2)cccc1-c1cc(CCC(C)C2CCC(NC3CCOCC3)CC2)ncc1Cl. The monoisotopic (exact) mass is 592 g/mol. The molecule has 0 radical (unpaired) electrons. The number of aryl methyl sites for hydroxylation is 1. The van der Waals surface area contributed by atoms with Crippen molar-refractivity contribution in [2.24, 2.45) is 17.3 Å². The van der Waals surface area contributed by atoms with Gasteiger partial charge in [-0.2, -0.15) is 5.26 Å². The topological polar surface area (TPSA) is 79.2 Å². The number of hydrogen-bond donors (Lipinski definition) is 2. The standard InChI is InChI=1S/C35H49ClN4O2/c1-3-30-31(5-4-6-34(30)39-24-35(23-37)15-19-42-20-16-35)32-21-29(38-22-33(32)36)10-7-25(2)26-8-11-27(12-9-26)40-28-13-17-41-18-14-28/h4-6,21-22,25-28,39-40H,3,7-20,24H2,1-2H3. The average Bonchev–Trinajstić information content (AvgIpc) is 3.04. The number of halogens is 1. The zero-order chi connectivity index (χ0) is 29.4. The molecule has 1 saturated carbocycles. The summed E-state index contributed by atoms with van der Waals surface area (Å²) in [5, 5.41) is 18.1. The number of hydrogen-bond acceptors (Lipinski definition) is 6. The van der Waals surface area contributed by atoms with Crippen LogP contribution in [-0.4, -0.2) is 50.0 Å². The van der Waals surface area contributed by atoms with Gasteiger partial charge in [0.1, 0.15) is 0 Å². The normalized spacial score (nSPS) is 23.7. The summed E-state index contributed by atoms with van der Waals surface area (Å²) in [6.07, 6.45) is 13.9. The van der Waals surface area contributed by atoms with Gasteiger partial charge in [0.15, 0.2) is 0 Å². The van der Waals surface area contributed by atoms with Gasteiger partial charge < -0.3 is 20.1 Å². The number of ether oxygens (including phenoxy) is 2. The molecule has 2 aromatic rings. The molecule has 0 spiro atoms. The fourth-order valence-corrected chi connectivity index (χ4v) is 7.43. The first-order valence-corrected chi connectivity index (χ1v) is 16.7. The Balaban J connectivity index is 1.19. The summed E-state index contributed by atoms with van der Waals surface area (Å²) >= 11 is 6.77.